The molecular formula is C19H28ClN3O. The summed E-state index contributed by atoms with van der Waals surface area (Å²) in [6.07, 6.45) is 4.55. The summed E-state index contributed by atoms with van der Waals surface area (Å²) < 4.78 is 0. The summed E-state index contributed by atoms with van der Waals surface area (Å²) in [5.41, 5.74) is 8.43. The number of nitrogen functional groups attached to an aromatic ring is 1. The second-order valence-corrected chi connectivity index (χ2v) is 6.63. The number of aromatic hydroxyl groups is 1. The molecule has 5 N–H and O–H groups in total. The highest BCUT2D eigenvalue weighted by Crippen LogP contribution is 2.35. The number of allylic oxidation sites excluding steroid dienone is 4. The molecule has 1 aliphatic carbocycles. The molecule has 0 spiro atoms. The lowest BCUT2D eigenvalue weighted by Gasteiger charge is -2.21. The fourth-order valence-corrected chi connectivity index (χ4v) is 2.07. The Morgan fingerprint density at radius 3 is 2.00 bits per heavy atom. The van der Waals surface area contributed by atoms with Gasteiger partial charge >= 0.3 is 0 Å². The van der Waals surface area contributed by atoms with Crippen LogP contribution in [0.4, 0.5) is 5.69 Å². The zero-order valence-corrected chi connectivity index (χ0v) is 16.0. The predicted octanol–water partition coefficient (Wildman–Crippen LogP) is 5.32. The Kier molecular flexibility index (Phi) is 8.48. The van der Waals surface area contributed by atoms with Gasteiger partial charge in [-0.05, 0) is 42.2 Å². The SMILES string of the molecule is CC.Cc1cc(N)c(O)c(C(C)(C)C)c1.N=C1C=CC(Cl)=CC1=N. The second kappa shape index (κ2) is 9.28. The van der Waals surface area contributed by atoms with Crippen molar-refractivity contribution in [1.29, 1.82) is 10.8 Å². The summed E-state index contributed by atoms with van der Waals surface area (Å²) in [6, 6.07) is 3.76. The van der Waals surface area contributed by atoms with Crippen molar-refractivity contribution in [3.8, 4) is 5.75 Å². The molecule has 2 rings (SSSR count). The van der Waals surface area contributed by atoms with E-state index in [2.05, 4.69) is 20.8 Å². The van der Waals surface area contributed by atoms with E-state index in [1.54, 1.807) is 12.1 Å². The normalized spacial score (nSPS) is 13.4. The smallest absolute Gasteiger partial charge is 0.142 e. The highest BCUT2D eigenvalue weighted by atomic mass is 35.5. The molecule has 132 valence electrons. The lowest BCUT2D eigenvalue weighted by atomic mass is 9.85. The van der Waals surface area contributed by atoms with E-state index < -0.39 is 0 Å². The lowest BCUT2D eigenvalue weighted by molar-refractivity contribution is 0.449. The maximum absolute atomic E-state index is 9.73. The Morgan fingerprint density at radius 2 is 1.58 bits per heavy atom. The van der Waals surface area contributed by atoms with Gasteiger partial charge in [0.1, 0.15) is 5.75 Å². The van der Waals surface area contributed by atoms with Gasteiger partial charge in [-0.25, -0.2) is 0 Å². The molecule has 0 fully saturated rings. The first kappa shape index (κ1) is 21.9. The topological polar surface area (TPSA) is 93.9 Å². The largest absolute Gasteiger partial charge is 0.505 e. The predicted molar refractivity (Wildman–Crippen MR) is 106 cm³/mol. The molecule has 0 saturated heterocycles. The standard InChI is InChI=1S/C11H17NO.C6H5ClN2.C2H6/c1-7-5-8(11(2,3)4)10(13)9(12)6-7;7-4-1-2-5(8)6(9)3-4;1-2/h5-6,13H,12H2,1-4H3;1-3,8-9H;1-2H3. The van der Waals surface area contributed by atoms with Crippen LogP contribution in [0.25, 0.3) is 0 Å². The third-order valence-electron chi connectivity index (χ3n) is 3.07. The maximum Gasteiger partial charge on any atom is 0.142 e. The summed E-state index contributed by atoms with van der Waals surface area (Å²) in [6.45, 7) is 12.1. The van der Waals surface area contributed by atoms with Crippen LogP contribution >= 0.6 is 11.6 Å². The van der Waals surface area contributed by atoms with Gasteiger partial charge in [0.2, 0.25) is 0 Å². The van der Waals surface area contributed by atoms with Crippen LogP contribution in [-0.2, 0) is 5.41 Å². The van der Waals surface area contributed by atoms with Crippen molar-refractivity contribution in [1.82, 2.24) is 0 Å². The van der Waals surface area contributed by atoms with Gasteiger partial charge < -0.3 is 10.8 Å². The minimum Gasteiger partial charge on any atom is -0.505 e. The zero-order chi connectivity index (χ0) is 19.1. The van der Waals surface area contributed by atoms with E-state index in [-0.39, 0.29) is 22.6 Å². The van der Waals surface area contributed by atoms with Crippen LogP contribution in [0.3, 0.4) is 0 Å². The van der Waals surface area contributed by atoms with Crippen LogP contribution in [0.5, 0.6) is 5.75 Å². The maximum atomic E-state index is 9.73. The number of aryl methyl sites for hydroxylation is 1. The van der Waals surface area contributed by atoms with Crippen LogP contribution in [-0.4, -0.2) is 16.5 Å². The van der Waals surface area contributed by atoms with E-state index in [0.29, 0.717) is 10.7 Å². The quantitative estimate of drug-likeness (QED) is 0.289. The van der Waals surface area contributed by atoms with Gasteiger partial charge in [-0.3, -0.25) is 10.8 Å². The number of nitrogens with one attached hydrogen (secondary N) is 2. The molecule has 5 heteroatoms. The molecule has 0 unspecified atom stereocenters. The molecule has 24 heavy (non-hydrogen) atoms. The molecule has 1 aliphatic rings. The molecular weight excluding hydrogens is 322 g/mol. The van der Waals surface area contributed by atoms with Crippen molar-refractivity contribution in [3.63, 3.8) is 0 Å². The molecule has 0 amide bonds. The number of anilines is 1. The van der Waals surface area contributed by atoms with E-state index in [4.69, 9.17) is 28.2 Å². The third-order valence-corrected chi connectivity index (χ3v) is 3.31. The zero-order valence-electron chi connectivity index (χ0n) is 15.3. The summed E-state index contributed by atoms with van der Waals surface area (Å²) in [7, 11) is 0. The number of phenols is 1. The highest BCUT2D eigenvalue weighted by molar-refractivity contribution is 6.51. The van der Waals surface area contributed by atoms with Crippen LogP contribution in [0.1, 0.15) is 45.7 Å². The van der Waals surface area contributed by atoms with Gasteiger partial charge in [-0.2, -0.15) is 0 Å². The summed E-state index contributed by atoms with van der Waals surface area (Å²) >= 11 is 5.51. The highest BCUT2D eigenvalue weighted by Gasteiger charge is 2.19. The van der Waals surface area contributed by atoms with Crippen molar-refractivity contribution in [3.05, 3.63) is 46.5 Å². The molecule has 0 atom stereocenters. The molecule has 0 heterocycles. The molecule has 1 aromatic rings. The van der Waals surface area contributed by atoms with Gasteiger partial charge in [0, 0.05) is 10.6 Å². The Bertz CT molecular complexity index is 668. The minimum atomic E-state index is -0.0653. The molecule has 0 bridgehead atoms. The number of hydrogen-bond acceptors (Lipinski definition) is 4. The summed E-state index contributed by atoms with van der Waals surface area (Å²) in [5.74, 6) is 0.220. The third kappa shape index (κ3) is 6.59. The summed E-state index contributed by atoms with van der Waals surface area (Å²) in [5, 5.41) is 24.4. The molecule has 0 aliphatic heterocycles. The first-order valence-electron chi connectivity index (χ1n) is 7.84. The fourth-order valence-electron chi connectivity index (χ4n) is 1.90. The number of halogens is 1. The average molecular weight is 350 g/mol. The number of hydrogen-bond donors (Lipinski definition) is 4. The first-order chi connectivity index (χ1) is 11.0. The Balaban J connectivity index is 0.000000420. The number of nitrogens with two attached hydrogens (primary N) is 1. The van der Waals surface area contributed by atoms with Crippen molar-refractivity contribution >= 4 is 28.7 Å². The number of benzene rings is 1. The summed E-state index contributed by atoms with van der Waals surface area (Å²) in [4.78, 5) is 0. The van der Waals surface area contributed by atoms with Gasteiger partial charge in [0.05, 0.1) is 17.1 Å². The van der Waals surface area contributed by atoms with Crippen LogP contribution in [0.15, 0.2) is 35.4 Å². The average Bonchev–Trinajstić information content (AvgIpc) is 2.49. The van der Waals surface area contributed by atoms with E-state index in [0.717, 1.165) is 11.1 Å². The number of phenolic OH excluding ortho intramolecular Hbond substituents is 1. The Labute approximate surface area is 150 Å². The van der Waals surface area contributed by atoms with E-state index in [1.165, 1.54) is 12.2 Å². The van der Waals surface area contributed by atoms with Crippen LogP contribution < -0.4 is 5.73 Å². The second-order valence-electron chi connectivity index (χ2n) is 6.19. The van der Waals surface area contributed by atoms with Crippen molar-refractivity contribution in [2.45, 2.75) is 47.0 Å². The van der Waals surface area contributed by atoms with Crippen molar-refractivity contribution in [2.24, 2.45) is 0 Å². The van der Waals surface area contributed by atoms with Crippen LogP contribution in [0, 0.1) is 17.7 Å². The van der Waals surface area contributed by atoms with Gasteiger partial charge in [-0.15, -0.1) is 0 Å². The monoisotopic (exact) mass is 349 g/mol. The fraction of sp³-hybridized carbons (Fsp3) is 0.368. The van der Waals surface area contributed by atoms with Gasteiger partial charge in [0.15, 0.2) is 0 Å². The number of rotatable bonds is 0. The van der Waals surface area contributed by atoms with E-state index in [1.807, 2.05) is 26.8 Å². The molecule has 1 aromatic carbocycles. The molecule has 0 radical (unpaired) electrons. The molecule has 0 aromatic heterocycles. The lowest BCUT2D eigenvalue weighted by Crippen LogP contribution is -2.12. The van der Waals surface area contributed by atoms with E-state index >= 15 is 0 Å². The van der Waals surface area contributed by atoms with Gasteiger partial charge in [0.25, 0.3) is 0 Å². The minimum absolute atomic E-state index is 0.0653. The Hall–Kier alpha value is -2.07. The van der Waals surface area contributed by atoms with Crippen LogP contribution in [0.2, 0.25) is 0 Å². The Morgan fingerprint density at radius 1 is 1.04 bits per heavy atom. The molecule has 4 nitrogen and oxygen atoms in total. The van der Waals surface area contributed by atoms with Gasteiger partial charge in [-0.1, -0.05) is 52.3 Å². The van der Waals surface area contributed by atoms with Crippen molar-refractivity contribution < 1.29 is 5.11 Å². The van der Waals surface area contributed by atoms with E-state index in [9.17, 15) is 5.11 Å². The van der Waals surface area contributed by atoms with Crippen molar-refractivity contribution in [2.75, 3.05) is 5.73 Å². The molecule has 0 saturated carbocycles. The first-order valence-corrected chi connectivity index (χ1v) is 8.22.